The Labute approximate surface area is 176 Å². The number of rotatable bonds is 7. The molecule has 1 atom stereocenters. The highest BCUT2D eigenvalue weighted by Crippen LogP contribution is 2.21. The lowest BCUT2D eigenvalue weighted by molar-refractivity contribution is -0.128. The van der Waals surface area contributed by atoms with Gasteiger partial charge in [-0.05, 0) is 52.4 Å². The average molecular weight is 402 g/mol. The lowest BCUT2D eigenvalue weighted by atomic mass is 9.99. The van der Waals surface area contributed by atoms with Crippen LogP contribution in [0.1, 0.15) is 37.3 Å². The van der Waals surface area contributed by atoms with E-state index in [1.807, 2.05) is 66.7 Å². The zero-order chi connectivity index (χ0) is 21.3. The predicted octanol–water partition coefficient (Wildman–Crippen LogP) is 4.59. The molecule has 0 aromatic heterocycles. The molecule has 0 aliphatic rings. The van der Waals surface area contributed by atoms with Gasteiger partial charge in [0.05, 0.1) is 0 Å². The number of carbonyl (C=O) groups excluding carboxylic acids is 2. The van der Waals surface area contributed by atoms with E-state index in [4.69, 9.17) is 4.74 Å². The molecule has 0 radical (unpaired) electrons. The third kappa shape index (κ3) is 5.70. The van der Waals surface area contributed by atoms with Crippen LogP contribution in [0.2, 0.25) is 0 Å². The third-order valence-electron chi connectivity index (χ3n) is 4.99. The molecule has 0 spiro atoms. The van der Waals surface area contributed by atoms with Crippen LogP contribution in [0.3, 0.4) is 0 Å². The van der Waals surface area contributed by atoms with Gasteiger partial charge in [0.1, 0.15) is 5.75 Å². The quantitative estimate of drug-likeness (QED) is 0.449. The van der Waals surface area contributed by atoms with Gasteiger partial charge in [0.2, 0.25) is 0 Å². The van der Waals surface area contributed by atoms with E-state index in [0.717, 1.165) is 22.8 Å². The number of amides is 2. The van der Waals surface area contributed by atoms with Crippen molar-refractivity contribution in [1.29, 1.82) is 0 Å². The van der Waals surface area contributed by atoms with Crippen molar-refractivity contribution in [3.8, 4) is 5.75 Å². The van der Waals surface area contributed by atoms with Gasteiger partial charge >= 0.3 is 0 Å². The number of ether oxygens (including phenoxy) is 1. The van der Waals surface area contributed by atoms with E-state index in [9.17, 15) is 9.59 Å². The molecule has 2 amide bonds. The first-order valence-corrected chi connectivity index (χ1v) is 10.0. The summed E-state index contributed by atoms with van der Waals surface area (Å²) in [7, 11) is 0. The van der Waals surface area contributed by atoms with Gasteiger partial charge in [-0.3, -0.25) is 20.4 Å². The van der Waals surface area contributed by atoms with Gasteiger partial charge < -0.3 is 4.74 Å². The van der Waals surface area contributed by atoms with Crippen molar-refractivity contribution in [2.24, 2.45) is 0 Å². The molecule has 0 fully saturated rings. The first-order valence-electron chi connectivity index (χ1n) is 10.0. The second-order valence-corrected chi connectivity index (χ2v) is 7.11. The minimum absolute atomic E-state index is 0.185. The van der Waals surface area contributed by atoms with Gasteiger partial charge in [0.25, 0.3) is 11.8 Å². The molecule has 2 N–H and O–H groups in total. The zero-order valence-corrected chi connectivity index (χ0v) is 17.2. The summed E-state index contributed by atoms with van der Waals surface area (Å²) >= 11 is 0. The fraction of sp³-hybridized carbons (Fsp3) is 0.200. The van der Waals surface area contributed by atoms with E-state index in [1.54, 1.807) is 6.08 Å². The molecule has 3 aromatic rings. The Balaban J connectivity index is 1.46. The van der Waals surface area contributed by atoms with Crippen LogP contribution in [0.15, 0.2) is 72.8 Å². The molecule has 0 heterocycles. The van der Waals surface area contributed by atoms with Crippen LogP contribution in [0, 0.1) is 0 Å². The molecule has 3 aromatic carbocycles. The van der Waals surface area contributed by atoms with Crippen molar-refractivity contribution in [1.82, 2.24) is 10.9 Å². The average Bonchev–Trinajstić information content (AvgIpc) is 2.79. The number of hydrogen-bond donors (Lipinski definition) is 2. The summed E-state index contributed by atoms with van der Waals surface area (Å²) in [5.41, 5.74) is 6.88. The van der Waals surface area contributed by atoms with Crippen LogP contribution in [0.5, 0.6) is 5.75 Å². The molecule has 0 aliphatic carbocycles. The van der Waals surface area contributed by atoms with Gasteiger partial charge in [-0.2, -0.15) is 0 Å². The lowest BCUT2D eigenvalue weighted by Crippen LogP contribution is -2.43. The van der Waals surface area contributed by atoms with Crippen LogP contribution in [-0.4, -0.2) is 18.4 Å². The predicted molar refractivity (Wildman–Crippen MR) is 120 cm³/mol. The standard InChI is InChI=1S/C25H26N2O3/c1-3-18(2)19-11-14-22(15-12-19)30-17-25(29)27-26-24(28)16-13-21-9-6-8-20-7-4-5-10-23(20)21/h4-16,18H,3,17H2,1-2H3,(H,26,28)(H,27,29)/b16-13+. The highest BCUT2D eigenvalue weighted by molar-refractivity contribution is 5.97. The lowest BCUT2D eigenvalue weighted by Gasteiger charge is -2.11. The van der Waals surface area contributed by atoms with E-state index in [1.165, 1.54) is 11.6 Å². The molecule has 5 heteroatoms. The normalized spacial score (nSPS) is 11.9. The fourth-order valence-electron chi connectivity index (χ4n) is 3.05. The van der Waals surface area contributed by atoms with Gasteiger partial charge in [0, 0.05) is 6.08 Å². The smallest absolute Gasteiger partial charge is 0.276 e. The van der Waals surface area contributed by atoms with E-state index >= 15 is 0 Å². The Kier molecular flexibility index (Phi) is 7.22. The first-order chi connectivity index (χ1) is 14.6. The number of hydrogen-bond acceptors (Lipinski definition) is 3. The summed E-state index contributed by atoms with van der Waals surface area (Å²) < 4.78 is 5.46. The number of nitrogens with one attached hydrogen (secondary N) is 2. The monoisotopic (exact) mass is 402 g/mol. The van der Waals surface area contributed by atoms with Crippen molar-refractivity contribution < 1.29 is 14.3 Å². The summed E-state index contributed by atoms with van der Waals surface area (Å²) in [5.74, 6) is 0.237. The summed E-state index contributed by atoms with van der Waals surface area (Å²) in [5, 5.41) is 2.16. The molecule has 3 rings (SSSR count). The Hall–Kier alpha value is -3.60. The van der Waals surface area contributed by atoms with Crippen molar-refractivity contribution in [3.63, 3.8) is 0 Å². The fourth-order valence-corrected chi connectivity index (χ4v) is 3.05. The number of benzene rings is 3. The van der Waals surface area contributed by atoms with E-state index < -0.39 is 11.8 Å². The summed E-state index contributed by atoms with van der Waals surface area (Å²) in [6, 6.07) is 21.5. The minimum Gasteiger partial charge on any atom is -0.484 e. The highest BCUT2D eigenvalue weighted by atomic mass is 16.5. The minimum atomic E-state index is -0.437. The molecule has 0 bridgehead atoms. The van der Waals surface area contributed by atoms with E-state index in [2.05, 4.69) is 24.7 Å². The van der Waals surface area contributed by atoms with Crippen molar-refractivity contribution in [2.75, 3.05) is 6.61 Å². The number of carbonyl (C=O) groups is 2. The van der Waals surface area contributed by atoms with Gasteiger partial charge in [-0.25, -0.2) is 0 Å². The zero-order valence-electron chi connectivity index (χ0n) is 17.2. The molecule has 0 aliphatic heterocycles. The maximum absolute atomic E-state index is 12.0. The summed E-state index contributed by atoms with van der Waals surface area (Å²) in [4.78, 5) is 23.9. The summed E-state index contributed by atoms with van der Waals surface area (Å²) in [6.45, 7) is 4.13. The molecule has 5 nitrogen and oxygen atoms in total. The second-order valence-electron chi connectivity index (χ2n) is 7.11. The second kappa shape index (κ2) is 10.3. The van der Waals surface area contributed by atoms with Crippen molar-refractivity contribution in [2.45, 2.75) is 26.2 Å². The first kappa shape index (κ1) is 21.1. The number of hydrazine groups is 1. The number of fused-ring (bicyclic) bond motifs is 1. The van der Waals surface area contributed by atoms with Crippen LogP contribution in [0.25, 0.3) is 16.8 Å². The third-order valence-corrected chi connectivity index (χ3v) is 4.99. The molecule has 0 saturated carbocycles. The van der Waals surface area contributed by atoms with Crippen LogP contribution in [-0.2, 0) is 9.59 Å². The molecule has 154 valence electrons. The van der Waals surface area contributed by atoms with Gasteiger partial charge in [-0.15, -0.1) is 0 Å². The van der Waals surface area contributed by atoms with Crippen LogP contribution >= 0.6 is 0 Å². The topological polar surface area (TPSA) is 67.4 Å². The molecule has 1 unspecified atom stereocenters. The molecular formula is C25H26N2O3. The van der Waals surface area contributed by atoms with Crippen LogP contribution in [0.4, 0.5) is 0 Å². The maximum Gasteiger partial charge on any atom is 0.276 e. The van der Waals surface area contributed by atoms with Crippen LogP contribution < -0.4 is 15.6 Å². The SMILES string of the molecule is CCC(C)c1ccc(OCC(=O)NNC(=O)/C=C/c2cccc3ccccc23)cc1. The van der Waals surface area contributed by atoms with E-state index in [0.29, 0.717) is 11.7 Å². The Morgan fingerprint density at radius 2 is 1.70 bits per heavy atom. The Morgan fingerprint density at radius 3 is 2.47 bits per heavy atom. The van der Waals surface area contributed by atoms with Gasteiger partial charge in [0.15, 0.2) is 6.61 Å². The summed E-state index contributed by atoms with van der Waals surface area (Å²) in [6.07, 6.45) is 4.17. The molecule has 0 saturated heterocycles. The maximum atomic E-state index is 12.0. The van der Waals surface area contributed by atoms with Crippen molar-refractivity contribution in [3.05, 3.63) is 83.9 Å². The highest BCUT2D eigenvalue weighted by Gasteiger charge is 2.06. The van der Waals surface area contributed by atoms with E-state index in [-0.39, 0.29) is 6.61 Å². The largest absolute Gasteiger partial charge is 0.484 e. The molecular weight excluding hydrogens is 376 g/mol. The Morgan fingerprint density at radius 1 is 0.967 bits per heavy atom. The van der Waals surface area contributed by atoms with Crippen molar-refractivity contribution >= 4 is 28.7 Å². The Bertz CT molecular complexity index is 1040. The molecule has 30 heavy (non-hydrogen) atoms. The van der Waals surface area contributed by atoms with Gasteiger partial charge in [-0.1, -0.05) is 68.4 Å².